The van der Waals surface area contributed by atoms with E-state index in [1.54, 1.807) is 5.56 Å². The molecule has 3 heteroatoms. The summed E-state index contributed by atoms with van der Waals surface area (Å²) in [7, 11) is 0. The number of aryl methyl sites for hydroxylation is 4. The topological polar surface area (TPSA) is 25.3 Å². The molecule has 0 aliphatic carbocycles. The molecule has 0 radical (unpaired) electrons. The SMILES string of the molecule is CCCCc1cc(C2=C(C)C(C)=C(c3cc(C)c(C)c(C)c3)[N+]2=[N-])cc(CCCC)c1CCCC.[Ni+2].[c-]1ccccc1.[c-]1ccccc1. The number of benzene rings is 4. The van der Waals surface area contributed by atoms with Crippen LogP contribution in [-0.4, -0.2) is 4.70 Å². The molecule has 4 aromatic carbocycles. The molecule has 4 aromatic rings. The number of rotatable bonds is 11. The van der Waals surface area contributed by atoms with Gasteiger partial charge in [-0.05, 0) is 131 Å². The Labute approximate surface area is 302 Å². The largest absolute Gasteiger partial charge is 2.00 e. The van der Waals surface area contributed by atoms with Crippen molar-refractivity contribution in [2.24, 2.45) is 0 Å². The van der Waals surface area contributed by atoms with Crippen LogP contribution < -0.4 is 0 Å². The van der Waals surface area contributed by atoms with Gasteiger partial charge in [0.25, 0.3) is 0 Å². The fraction of sp³-hybridized carbons (Fsp3) is 0.378. The first-order chi connectivity index (χ1) is 22.7. The van der Waals surface area contributed by atoms with E-state index in [1.807, 2.05) is 60.7 Å². The molecule has 48 heavy (non-hydrogen) atoms. The standard InChI is InChI=1S/C33H46N2.2C6H5.Ni/c1-9-12-15-27-20-30(21-28(16-13-10-2)31(27)17-14-11-3)33-26(8)25(7)32(35(33)34)29-18-22(4)24(6)23(5)19-29;2*1-2-4-6-5-3-1;/h18-21H,9-17H2,1-8H3;2*1-5H;/q;2*-1;+2. The summed E-state index contributed by atoms with van der Waals surface area (Å²) in [5.74, 6) is 0. The van der Waals surface area contributed by atoms with Crippen molar-refractivity contribution in [1.29, 1.82) is 0 Å². The van der Waals surface area contributed by atoms with E-state index in [0.717, 1.165) is 40.9 Å². The van der Waals surface area contributed by atoms with E-state index in [9.17, 15) is 5.53 Å². The van der Waals surface area contributed by atoms with Gasteiger partial charge in [0.2, 0.25) is 11.4 Å². The van der Waals surface area contributed by atoms with Crippen molar-refractivity contribution >= 4 is 11.4 Å². The Morgan fingerprint density at radius 2 is 0.917 bits per heavy atom. The summed E-state index contributed by atoms with van der Waals surface area (Å²) in [5, 5.41) is 0. The van der Waals surface area contributed by atoms with Gasteiger partial charge in [0, 0.05) is 22.3 Å². The van der Waals surface area contributed by atoms with Crippen LogP contribution in [-0.2, 0) is 35.8 Å². The van der Waals surface area contributed by atoms with E-state index in [-0.39, 0.29) is 16.5 Å². The molecule has 0 amide bonds. The smallest absolute Gasteiger partial charge is 0.493 e. The molecule has 0 saturated carbocycles. The quantitative estimate of drug-likeness (QED) is 0.0854. The predicted octanol–water partition coefficient (Wildman–Crippen LogP) is 12.8. The molecular weight excluding hydrogens is 627 g/mol. The van der Waals surface area contributed by atoms with Crippen LogP contribution in [0.2, 0.25) is 0 Å². The summed E-state index contributed by atoms with van der Waals surface area (Å²) >= 11 is 0. The first-order valence-electron chi connectivity index (χ1n) is 17.7. The number of hydrogen-bond donors (Lipinski definition) is 0. The van der Waals surface area contributed by atoms with Gasteiger partial charge in [-0.15, -0.1) is 0 Å². The molecule has 0 saturated heterocycles. The van der Waals surface area contributed by atoms with Crippen LogP contribution in [0.25, 0.3) is 16.9 Å². The molecule has 1 aliphatic heterocycles. The van der Waals surface area contributed by atoms with Gasteiger partial charge in [-0.3, -0.25) is 0 Å². The zero-order valence-electron chi connectivity index (χ0n) is 30.7. The van der Waals surface area contributed by atoms with Gasteiger partial charge in [-0.1, -0.05) is 40.0 Å². The Balaban J connectivity index is 0.000000512. The van der Waals surface area contributed by atoms with Crippen LogP contribution in [0.15, 0.2) is 96.1 Å². The summed E-state index contributed by atoms with van der Waals surface area (Å²) in [5.41, 5.74) is 26.5. The molecule has 0 atom stereocenters. The van der Waals surface area contributed by atoms with Crippen molar-refractivity contribution in [2.75, 3.05) is 0 Å². The van der Waals surface area contributed by atoms with E-state index >= 15 is 0 Å². The number of allylic oxidation sites excluding steroid dienone is 2. The van der Waals surface area contributed by atoms with Gasteiger partial charge in [0.15, 0.2) is 0 Å². The third-order valence-electron chi connectivity index (χ3n) is 9.20. The van der Waals surface area contributed by atoms with Crippen molar-refractivity contribution in [1.82, 2.24) is 0 Å². The molecule has 0 aromatic heterocycles. The fourth-order valence-corrected chi connectivity index (χ4v) is 6.11. The molecule has 0 fully saturated rings. The fourth-order valence-electron chi connectivity index (χ4n) is 6.11. The van der Waals surface area contributed by atoms with Gasteiger partial charge >= 0.3 is 16.5 Å². The molecule has 0 N–H and O–H groups in total. The van der Waals surface area contributed by atoms with Crippen LogP contribution in [0.4, 0.5) is 0 Å². The monoisotopic (exact) mass is 682 g/mol. The summed E-state index contributed by atoms with van der Waals surface area (Å²) in [4.78, 5) is 0. The molecule has 0 unspecified atom stereocenters. The van der Waals surface area contributed by atoms with Gasteiger partial charge in [0.1, 0.15) is 0 Å². The second-order valence-corrected chi connectivity index (χ2v) is 12.7. The Morgan fingerprint density at radius 1 is 0.542 bits per heavy atom. The van der Waals surface area contributed by atoms with E-state index in [2.05, 4.69) is 91.8 Å². The number of nitrogens with zero attached hydrogens (tertiary/aromatic N) is 2. The zero-order valence-corrected chi connectivity index (χ0v) is 31.6. The normalized spacial score (nSPS) is 12.2. The van der Waals surface area contributed by atoms with E-state index < -0.39 is 0 Å². The van der Waals surface area contributed by atoms with Crippen LogP contribution in [0.5, 0.6) is 0 Å². The number of hydrogen-bond acceptors (Lipinski definition) is 0. The second kappa shape index (κ2) is 21.4. The van der Waals surface area contributed by atoms with Crippen LogP contribution in [0.3, 0.4) is 0 Å². The minimum absolute atomic E-state index is 0. The molecule has 0 bridgehead atoms. The minimum Gasteiger partial charge on any atom is -0.493 e. The minimum atomic E-state index is 0. The molecule has 1 heterocycles. The van der Waals surface area contributed by atoms with Crippen molar-refractivity contribution in [3.63, 3.8) is 0 Å². The summed E-state index contributed by atoms with van der Waals surface area (Å²) in [6.45, 7) is 17.6. The van der Waals surface area contributed by atoms with Gasteiger partial charge in [-0.25, -0.2) is 4.70 Å². The molecule has 2 nitrogen and oxygen atoms in total. The number of unbranched alkanes of at least 4 members (excludes halogenated alkanes) is 3. The molecule has 0 spiro atoms. The maximum atomic E-state index is 11.6. The summed E-state index contributed by atoms with van der Waals surface area (Å²) in [6, 6.07) is 34.2. The maximum Gasteiger partial charge on any atom is 2.00 e. The summed E-state index contributed by atoms with van der Waals surface area (Å²) in [6.07, 6.45) is 10.7. The van der Waals surface area contributed by atoms with Crippen LogP contribution in [0, 0.1) is 32.9 Å². The summed E-state index contributed by atoms with van der Waals surface area (Å²) < 4.78 is 1.47. The van der Waals surface area contributed by atoms with E-state index in [0.29, 0.717) is 0 Å². The predicted molar refractivity (Wildman–Crippen MR) is 202 cm³/mol. The van der Waals surface area contributed by atoms with Crippen molar-refractivity contribution in [3.8, 4) is 0 Å². The van der Waals surface area contributed by atoms with Gasteiger partial charge in [0.05, 0.1) is 0 Å². The van der Waals surface area contributed by atoms with Crippen LogP contribution in [0.1, 0.15) is 118 Å². The first-order valence-corrected chi connectivity index (χ1v) is 17.7. The average Bonchev–Trinajstić information content (AvgIpc) is 3.32. The maximum absolute atomic E-state index is 11.6. The Kier molecular flexibility index (Phi) is 18.1. The van der Waals surface area contributed by atoms with Crippen LogP contribution >= 0.6 is 0 Å². The molecule has 1 aliphatic rings. The average molecular weight is 684 g/mol. The Hall–Kier alpha value is -3.55. The molecule has 5 rings (SSSR count). The van der Waals surface area contributed by atoms with Crippen molar-refractivity contribution in [2.45, 2.75) is 113 Å². The van der Waals surface area contributed by atoms with Gasteiger partial charge in [-0.2, -0.15) is 72.8 Å². The van der Waals surface area contributed by atoms with E-state index in [4.69, 9.17) is 0 Å². The Morgan fingerprint density at radius 3 is 1.25 bits per heavy atom. The molecule has 256 valence electrons. The zero-order chi connectivity index (χ0) is 34.2. The van der Waals surface area contributed by atoms with Crippen molar-refractivity contribution < 1.29 is 21.2 Å². The first kappa shape index (κ1) is 40.6. The van der Waals surface area contributed by atoms with E-state index in [1.165, 1.54) is 83.0 Å². The second-order valence-electron chi connectivity index (χ2n) is 12.7. The third kappa shape index (κ3) is 11.3. The van der Waals surface area contributed by atoms with Crippen molar-refractivity contribution in [3.05, 3.63) is 158 Å². The Bertz CT molecular complexity index is 1490. The van der Waals surface area contributed by atoms with Gasteiger partial charge < -0.3 is 5.53 Å². The third-order valence-corrected chi connectivity index (χ3v) is 9.20. The molecular formula is C45H56N2Ni.